The first kappa shape index (κ1) is 22.3. The van der Waals surface area contributed by atoms with Crippen LogP contribution in [0.5, 0.6) is 0 Å². The molecule has 0 aliphatic heterocycles. The molecule has 0 bridgehead atoms. The fraction of sp³-hybridized carbons (Fsp3) is 0.417. The third-order valence-corrected chi connectivity index (χ3v) is 6.80. The van der Waals surface area contributed by atoms with Gasteiger partial charge in [0.25, 0.3) is 0 Å². The Morgan fingerprint density at radius 1 is 1.06 bits per heavy atom. The van der Waals surface area contributed by atoms with Crippen molar-refractivity contribution in [2.45, 2.75) is 38.3 Å². The molecule has 2 N–H and O–H groups in total. The summed E-state index contributed by atoms with van der Waals surface area (Å²) in [4.78, 5) is 11.6. The minimum Gasteiger partial charge on any atom is -0.362 e. The average Bonchev–Trinajstić information content (AvgIpc) is 2.76. The molecule has 5 nitrogen and oxygen atoms in total. The zero-order valence-corrected chi connectivity index (χ0v) is 20.4. The van der Waals surface area contributed by atoms with Gasteiger partial charge in [0.05, 0.1) is 5.52 Å². The maximum atomic E-state index is 6.30. The zero-order valence-electron chi connectivity index (χ0n) is 18.0. The van der Waals surface area contributed by atoms with Crippen LogP contribution in [-0.2, 0) is 6.54 Å². The van der Waals surface area contributed by atoms with E-state index in [1.165, 1.54) is 12.8 Å². The standard InChI is InChI=1S/C24H29BrClN5/c1-31(2)23-20-5-3-4-6-22(20)29-24(30-23)28-19-10-7-16(8-11-19)14-27-15-17-13-18(25)9-12-21(17)26/h3-6,9,12-13,16,19,27H,7-8,10-11,14-15H2,1-2H3,(H,28,29,30)/t16-,19+. The minimum absolute atomic E-state index is 0.423. The second-order valence-electron chi connectivity index (χ2n) is 8.51. The lowest BCUT2D eigenvalue weighted by atomic mass is 9.86. The van der Waals surface area contributed by atoms with Crippen molar-refractivity contribution in [3.05, 3.63) is 57.5 Å². The second-order valence-corrected chi connectivity index (χ2v) is 9.83. The number of anilines is 2. The van der Waals surface area contributed by atoms with Crippen LogP contribution in [0.15, 0.2) is 46.9 Å². The largest absolute Gasteiger partial charge is 0.362 e. The Morgan fingerprint density at radius 3 is 2.61 bits per heavy atom. The van der Waals surface area contributed by atoms with E-state index in [9.17, 15) is 0 Å². The minimum atomic E-state index is 0.423. The van der Waals surface area contributed by atoms with Crippen LogP contribution in [0.1, 0.15) is 31.2 Å². The Bertz CT molecular complexity index is 1030. The summed E-state index contributed by atoms with van der Waals surface area (Å²) in [5.74, 6) is 2.38. The van der Waals surface area contributed by atoms with Gasteiger partial charge in [-0.05, 0) is 74.0 Å². The van der Waals surface area contributed by atoms with Gasteiger partial charge in [-0.2, -0.15) is 4.98 Å². The summed E-state index contributed by atoms with van der Waals surface area (Å²) < 4.78 is 1.06. The number of hydrogen-bond acceptors (Lipinski definition) is 5. The number of rotatable bonds is 7. The first-order valence-corrected chi connectivity index (χ1v) is 12.0. The Hall–Kier alpha value is -1.89. The van der Waals surface area contributed by atoms with Gasteiger partial charge < -0.3 is 15.5 Å². The molecule has 1 aliphatic rings. The monoisotopic (exact) mass is 501 g/mol. The Morgan fingerprint density at radius 2 is 1.84 bits per heavy atom. The number of halogens is 2. The first-order chi connectivity index (χ1) is 15.0. The van der Waals surface area contributed by atoms with E-state index in [1.807, 2.05) is 38.4 Å². The number of fused-ring (bicyclic) bond motifs is 1. The van der Waals surface area contributed by atoms with Crippen LogP contribution in [0.4, 0.5) is 11.8 Å². The summed E-state index contributed by atoms with van der Waals surface area (Å²) in [6, 6.07) is 14.6. The number of nitrogens with zero attached hydrogens (tertiary/aromatic N) is 3. The highest BCUT2D eigenvalue weighted by Gasteiger charge is 2.22. The predicted molar refractivity (Wildman–Crippen MR) is 134 cm³/mol. The van der Waals surface area contributed by atoms with Gasteiger partial charge in [0.15, 0.2) is 0 Å². The van der Waals surface area contributed by atoms with E-state index in [-0.39, 0.29) is 0 Å². The molecule has 1 aliphatic carbocycles. The van der Waals surface area contributed by atoms with Gasteiger partial charge in [0, 0.05) is 41.6 Å². The average molecular weight is 503 g/mol. The van der Waals surface area contributed by atoms with Crippen LogP contribution in [-0.4, -0.2) is 36.6 Å². The molecule has 0 atom stereocenters. The lowest BCUT2D eigenvalue weighted by Crippen LogP contribution is -2.31. The quantitative estimate of drug-likeness (QED) is 0.423. The van der Waals surface area contributed by atoms with Crippen molar-refractivity contribution in [3.8, 4) is 0 Å². The van der Waals surface area contributed by atoms with Crippen LogP contribution in [0, 0.1) is 5.92 Å². The number of aromatic nitrogens is 2. The van der Waals surface area contributed by atoms with E-state index in [0.29, 0.717) is 12.0 Å². The van der Waals surface area contributed by atoms with E-state index in [4.69, 9.17) is 21.6 Å². The van der Waals surface area contributed by atoms with Gasteiger partial charge in [-0.15, -0.1) is 0 Å². The smallest absolute Gasteiger partial charge is 0.225 e. The molecule has 0 unspecified atom stereocenters. The second kappa shape index (κ2) is 10.2. The van der Waals surface area contributed by atoms with Crippen molar-refractivity contribution >= 4 is 50.2 Å². The number of nitrogens with one attached hydrogen (secondary N) is 2. The van der Waals surface area contributed by atoms with Crippen molar-refractivity contribution in [1.82, 2.24) is 15.3 Å². The Kier molecular flexibility index (Phi) is 7.31. The fourth-order valence-electron chi connectivity index (χ4n) is 4.25. The third kappa shape index (κ3) is 5.68. The molecule has 0 saturated heterocycles. The lowest BCUT2D eigenvalue weighted by Gasteiger charge is -2.29. The molecule has 0 radical (unpaired) electrons. The summed E-state index contributed by atoms with van der Waals surface area (Å²) in [5.41, 5.74) is 2.12. The number of benzene rings is 2. The Labute approximate surface area is 197 Å². The molecular formula is C24H29BrClN5. The van der Waals surface area contributed by atoms with Crippen LogP contribution >= 0.6 is 27.5 Å². The van der Waals surface area contributed by atoms with E-state index < -0.39 is 0 Å². The van der Waals surface area contributed by atoms with Crippen LogP contribution < -0.4 is 15.5 Å². The first-order valence-electron chi connectivity index (χ1n) is 10.8. The van der Waals surface area contributed by atoms with Crippen molar-refractivity contribution in [1.29, 1.82) is 0 Å². The summed E-state index contributed by atoms with van der Waals surface area (Å²) in [7, 11) is 4.05. The summed E-state index contributed by atoms with van der Waals surface area (Å²) >= 11 is 9.81. The highest BCUT2D eigenvalue weighted by molar-refractivity contribution is 9.10. The molecule has 0 amide bonds. The molecule has 1 heterocycles. The number of hydrogen-bond donors (Lipinski definition) is 2. The molecule has 7 heteroatoms. The normalized spacial score (nSPS) is 18.8. The highest BCUT2D eigenvalue weighted by Crippen LogP contribution is 2.28. The maximum absolute atomic E-state index is 6.30. The summed E-state index contributed by atoms with van der Waals surface area (Å²) in [5, 5.41) is 9.08. The van der Waals surface area contributed by atoms with Crippen LogP contribution in [0.25, 0.3) is 10.9 Å². The van der Waals surface area contributed by atoms with E-state index >= 15 is 0 Å². The summed E-state index contributed by atoms with van der Waals surface area (Å²) in [6.45, 7) is 1.82. The van der Waals surface area contributed by atoms with Gasteiger partial charge in [0.2, 0.25) is 5.95 Å². The van der Waals surface area contributed by atoms with Crippen LogP contribution in [0.3, 0.4) is 0 Å². The maximum Gasteiger partial charge on any atom is 0.225 e. The van der Waals surface area contributed by atoms with Crippen molar-refractivity contribution in [2.24, 2.45) is 5.92 Å². The van der Waals surface area contributed by atoms with Crippen molar-refractivity contribution in [2.75, 3.05) is 30.9 Å². The van der Waals surface area contributed by atoms with Gasteiger partial charge >= 0.3 is 0 Å². The third-order valence-electron chi connectivity index (χ3n) is 5.94. The molecular weight excluding hydrogens is 474 g/mol. The van der Waals surface area contributed by atoms with Gasteiger partial charge in [-0.1, -0.05) is 39.7 Å². The molecule has 2 aromatic carbocycles. The van der Waals surface area contributed by atoms with Crippen molar-refractivity contribution in [3.63, 3.8) is 0 Å². The van der Waals surface area contributed by atoms with Crippen LogP contribution in [0.2, 0.25) is 5.02 Å². The molecule has 31 heavy (non-hydrogen) atoms. The molecule has 164 valence electrons. The van der Waals surface area contributed by atoms with E-state index in [2.05, 4.69) is 49.7 Å². The molecule has 1 saturated carbocycles. The lowest BCUT2D eigenvalue weighted by molar-refractivity contribution is 0.324. The zero-order chi connectivity index (χ0) is 21.8. The molecule has 4 rings (SSSR count). The van der Waals surface area contributed by atoms with E-state index in [0.717, 1.165) is 63.7 Å². The Balaban J connectivity index is 1.30. The van der Waals surface area contributed by atoms with E-state index in [1.54, 1.807) is 0 Å². The molecule has 0 spiro atoms. The highest BCUT2D eigenvalue weighted by atomic mass is 79.9. The predicted octanol–water partition coefficient (Wildman–Crippen LogP) is 5.87. The number of para-hydroxylation sites is 1. The topological polar surface area (TPSA) is 53.1 Å². The van der Waals surface area contributed by atoms with Gasteiger partial charge in [-0.3, -0.25) is 0 Å². The fourth-order valence-corrected chi connectivity index (χ4v) is 4.84. The molecule has 1 fully saturated rings. The molecule has 1 aromatic heterocycles. The van der Waals surface area contributed by atoms with Gasteiger partial charge in [-0.25, -0.2) is 4.98 Å². The van der Waals surface area contributed by atoms with Gasteiger partial charge in [0.1, 0.15) is 5.82 Å². The SMILES string of the molecule is CN(C)c1nc(N[C@H]2CC[C@@H](CNCc3cc(Br)ccc3Cl)CC2)nc2ccccc12. The molecule has 3 aromatic rings. The summed E-state index contributed by atoms with van der Waals surface area (Å²) in [6.07, 6.45) is 4.67. The van der Waals surface area contributed by atoms with Crippen molar-refractivity contribution < 1.29 is 0 Å².